The van der Waals surface area contributed by atoms with Gasteiger partial charge in [0, 0.05) is 25.4 Å². The molecule has 0 bridgehead atoms. The number of hydrogen-bond donors (Lipinski definition) is 1. The number of nitrogens with one attached hydrogen (secondary N) is 1. The normalized spacial score (nSPS) is 31.5. The summed E-state index contributed by atoms with van der Waals surface area (Å²) in [5.41, 5.74) is 0. The van der Waals surface area contributed by atoms with Crippen molar-refractivity contribution in [3.8, 4) is 0 Å². The summed E-state index contributed by atoms with van der Waals surface area (Å²) in [6, 6.07) is 2.64. The lowest BCUT2D eigenvalue weighted by molar-refractivity contribution is 0.267. The van der Waals surface area contributed by atoms with Gasteiger partial charge < -0.3 is 5.32 Å². The van der Waals surface area contributed by atoms with E-state index in [1.807, 2.05) is 24.0 Å². The van der Waals surface area contributed by atoms with Crippen molar-refractivity contribution in [1.82, 2.24) is 9.78 Å². The Bertz CT molecular complexity index is 308. The zero-order chi connectivity index (χ0) is 10.8. The number of anilines is 1. The quantitative estimate of drug-likeness (QED) is 0.808. The van der Waals surface area contributed by atoms with E-state index >= 15 is 0 Å². The van der Waals surface area contributed by atoms with Gasteiger partial charge in [-0.15, -0.1) is 0 Å². The minimum absolute atomic E-state index is 0.591. The molecule has 3 nitrogen and oxygen atoms in total. The average Bonchev–Trinajstić information content (AvgIpc) is 2.58. The molecule has 1 aliphatic carbocycles. The van der Waals surface area contributed by atoms with Crippen LogP contribution in [0.25, 0.3) is 0 Å². The van der Waals surface area contributed by atoms with E-state index in [0.29, 0.717) is 6.04 Å². The fourth-order valence-corrected chi connectivity index (χ4v) is 2.63. The van der Waals surface area contributed by atoms with Crippen LogP contribution in [-0.2, 0) is 7.05 Å². The highest BCUT2D eigenvalue weighted by atomic mass is 15.3. The Morgan fingerprint density at radius 3 is 2.53 bits per heavy atom. The van der Waals surface area contributed by atoms with Crippen molar-refractivity contribution in [2.24, 2.45) is 18.9 Å². The van der Waals surface area contributed by atoms with Crippen LogP contribution >= 0.6 is 0 Å². The molecule has 2 unspecified atom stereocenters. The number of hydrogen-bond acceptors (Lipinski definition) is 2. The molecule has 2 rings (SSSR count). The molecule has 1 aromatic heterocycles. The van der Waals surface area contributed by atoms with Crippen LogP contribution in [0.3, 0.4) is 0 Å². The van der Waals surface area contributed by atoms with Gasteiger partial charge in [-0.2, -0.15) is 5.10 Å². The smallest absolute Gasteiger partial charge is 0.148 e. The number of aryl methyl sites for hydroxylation is 1. The third-order valence-corrected chi connectivity index (χ3v) is 3.57. The molecule has 0 aromatic carbocycles. The Hall–Kier alpha value is -0.990. The first-order chi connectivity index (χ1) is 7.16. The first-order valence-corrected chi connectivity index (χ1v) is 5.93. The van der Waals surface area contributed by atoms with E-state index in [1.165, 1.54) is 19.3 Å². The summed E-state index contributed by atoms with van der Waals surface area (Å²) in [6.45, 7) is 4.69. The fraction of sp³-hybridized carbons (Fsp3) is 0.750. The number of rotatable bonds is 2. The topological polar surface area (TPSA) is 29.9 Å². The Kier molecular flexibility index (Phi) is 2.98. The van der Waals surface area contributed by atoms with E-state index in [2.05, 4.69) is 24.3 Å². The van der Waals surface area contributed by atoms with Gasteiger partial charge in [-0.1, -0.05) is 20.3 Å². The second-order valence-electron chi connectivity index (χ2n) is 4.93. The maximum Gasteiger partial charge on any atom is 0.148 e. The summed E-state index contributed by atoms with van der Waals surface area (Å²) >= 11 is 0. The zero-order valence-corrected chi connectivity index (χ0v) is 9.90. The first-order valence-electron chi connectivity index (χ1n) is 5.93. The van der Waals surface area contributed by atoms with Crippen LogP contribution < -0.4 is 5.32 Å². The molecule has 0 radical (unpaired) electrons. The van der Waals surface area contributed by atoms with Crippen molar-refractivity contribution in [1.29, 1.82) is 0 Å². The molecule has 0 saturated heterocycles. The van der Waals surface area contributed by atoms with Crippen LogP contribution in [0.15, 0.2) is 12.3 Å². The molecule has 1 N–H and O–H groups in total. The van der Waals surface area contributed by atoms with E-state index in [9.17, 15) is 0 Å². The molecule has 15 heavy (non-hydrogen) atoms. The maximum absolute atomic E-state index is 4.38. The summed E-state index contributed by atoms with van der Waals surface area (Å²) in [5.74, 6) is 2.54. The summed E-state index contributed by atoms with van der Waals surface area (Å²) in [4.78, 5) is 0. The van der Waals surface area contributed by atoms with Gasteiger partial charge in [-0.3, -0.25) is 4.68 Å². The molecule has 0 aliphatic heterocycles. The minimum Gasteiger partial charge on any atom is -0.365 e. The summed E-state index contributed by atoms with van der Waals surface area (Å²) in [5, 5.41) is 7.95. The zero-order valence-electron chi connectivity index (χ0n) is 9.90. The van der Waals surface area contributed by atoms with Crippen molar-refractivity contribution >= 4 is 5.82 Å². The van der Waals surface area contributed by atoms with E-state index in [-0.39, 0.29) is 0 Å². The third-order valence-electron chi connectivity index (χ3n) is 3.57. The molecule has 2 atom stereocenters. The van der Waals surface area contributed by atoms with E-state index in [0.717, 1.165) is 17.7 Å². The van der Waals surface area contributed by atoms with E-state index in [4.69, 9.17) is 0 Å². The van der Waals surface area contributed by atoms with Gasteiger partial charge in [0.15, 0.2) is 0 Å². The Morgan fingerprint density at radius 2 is 2.00 bits per heavy atom. The number of nitrogens with zero attached hydrogens (tertiary/aromatic N) is 2. The second-order valence-corrected chi connectivity index (χ2v) is 4.93. The third kappa shape index (κ3) is 2.33. The van der Waals surface area contributed by atoms with Crippen molar-refractivity contribution in [3.05, 3.63) is 12.3 Å². The second kappa shape index (κ2) is 4.25. The van der Waals surface area contributed by atoms with Crippen molar-refractivity contribution < 1.29 is 0 Å². The lowest BCUT2D eigenvalue weighted by atomic mass is 9.79. The highest BCUT2D eigenvalue weighted by molar-refractivity contribution is 5.34. The molecular formula is C12H21N3. The van der Waals surface area contributed by atoms with E-state index < -0.39 is 0 Å². The molecule has 84 valence electrons. The first kappa shape index (κ1) is 10.5. The Morgan fingerprint density at radius 1 is 1.33 bits per heavy atom. The van der Waals surface area contributed by atoms with E-state index in [1.54, 1.807) is 0 Å². The van der Waals surface area contributed by atoms with Gasteiger partial charge in [0.1, 0.15) is 5.82 Å². The molecule has 0 spiro atoms. The van der Waals surface area contributed by atoms with Gasteiger partial charge in [0.25, 0.3) is 0 Å². The predicted molar refractivity (Wildman–Crippen MR) is 62.8 cm³/mol. The average molecular weight is 207 g/mol. The predicted octanol–water partition coefficient (Wildman–Crippen LogP) is 2.66. The highest BCUT2D eigenvalue weighted by Gasteiger charge is 2.27. The summed E-state index contributed by atoms with van der Waals surface area (Å²) < 4.78 is 1.85. The van der Waals surface area contributed by atoms with Crippen molar-refractivity contribution in [2.75, 3.05) is 5.32 Å². The van der Waals surface area contributed by atoms with Crippen LogP contribution in [0.5, 0.6) is 0 Å². The van der Waals surface area contributed by atoms with Gasteiger partial charge in [0.05, 0.1) is 0 Å². The SMILES string of the molecule is CC1CCCC(C)C1Nc1ccn(C)n1. The standard InChI is InChI=1S/C12H21N3/c1-9-5-4-6-10(2)12(9)13-11-7-8-15(3)14-11/h7-10,12H,4-6H2,1-3H3,(H,13,14). The highest BCUT2D eigenvalue weighted by Crippen LogP contribution is 2.30. The molecule has 1 aromatic rings. The molecule has 1 heterocycles. The van der Waals surface area contributed by atoms with Crippen LogP contribution in [0, 0.1) is 11.8 Å². The van der Waals surface area contributed by atoms with Crippen LogP contribution in [0.2, 0.25) is 0 Å². The van der Waals surface area contributed by atoms with Gasteiger partial charge in [0.2, 0.25) is 0 Å². The van der Waals surface area contributed by atoms with Crippen molar-refractivity contribution in [3.63, 3.8) is 0 Å². The monoisotopic (exact) mass is 207 g/mol. The summed E-state index contributed by atoms with van der Waals surface area (Å²) in [6.07, 6.45) is 6.05. The lowest BCUT2D eigenvalue weighted by Crippen LogP contribution is -2.37. The maximum atomic E-state index is 4.38. The molecule has 0 amide bonds. The van der Waals surface area contributed by atoms with Crippen LogP contribution in [0.4, 0.5) is 5.82 Å². The van der Waals surface area contributed by atoms with Gasteiger partial charge in [-0.25, -0.2) is 0 Å². The van der Waals surface area contributed by atoms with Gasteiger partial charge in [-0.05, 0) is 24.7 Å². The molecule has 1 aliphatic rings. The molecular weight excluding hydrogens is 186 g/mol. The molecule has 3 heteroatoms. The Balaban J connectivity index is 2.03. The Labute approximate surface area is 91.9 Å². The molecule has 1 fully saturated rings. The summed E-state index contributed by atoms with van der Waals surface area (Å²) in [7, 11) is 1.96. The fourth-order valence-electron chi connectivity index (χ4n) is 2.63. The van der Waals surface area contributed by atoms with Crippen LogP contribution in [0.1, 0.15) is 33.1 Å². The molecule has 1 saturated carbocycles. The van der Waals surface area contributed by atoms with Crippen LogP contribution in [-0.4, -0.2) is 15.8 Å². The van der Waals surface area contributed by atoms with Gasteiger partial charge >= 0.3 is 0 Å². The van der Waals surface area contributed by atoms with Crippen molar-refractivity contribution in [2.45, 2.75) is 39.2 Å². The largest absolute Gasteiger partial charge is 0.365 e. The number of aromatic nitrogens is 2. The lowest BCUT2D eigenvalue weighted by Gasteiger charge is -2.35. The minimum atomic E-state index is 0.591.